The summed E-state index contributed by atoms with van der Waals surface area (Å²) in [6, 6.07) is 12.1. The molecule has 1 atom stereocenters. The molecule has 2 heterocycles. The number of para-hydroxylation sites is 1. The minimum absolute atomic E-state index is 0.0787. The van der Waals surface area contributed by atoms with E-state index in [-0.39, 0.29) is 43.1 Å². The summed E-state index contributed by atoms with van der Waals surface area (Å²) in [6.07, 6.45) is 0.294. The van der Waals surface area contributed by atoms with Gasteiger partial charge in [-0.3, -0.25) is 14.5 Å². The number of anilines is 1. The highest BCUT2D eigenvalue weighted by molar-refractivity contribution is 6.15. The Bertz CT molecular complexity index is 989. The second-order valence-corrected chi connectivity index (χ2v) is 7.53. The Morgan fingerprint density at radius 2 is 1.83 bits per heavy atom. The van der Waals surface area contributed by atoms with Gasteiger partial charge in [-0.1, -0.05) is 24.3 Å². The lowest BCUT2D eigenvalue weighted by atomic mass is 9.95. The summed E-state index contributed by atoms with van der Waals surface area (Å²) < 4.78 is 18.7. The monoisotopic (exact) mass is 396 g/mol. The molecular weight excluding hydrogens is 375 g/mol. The van der Waals surface area contributed by atoms with Crippen molar-refractivity contribution in [1.82, 2.24) is 4.90 Å². The smallest absolute Gasteiger partial charge is 0.354 e. The summed E-state index contributed by atoms with van der Waals surface area (Å²) in [5, 5.41) is 0. The number of rotatable bonds is 4. The third-order valence-electron chi connectivity index (χ3n) is 5.43. The molecule has 0 saturated carbocycles. The fraction of sp³-hybridized carbons (Fsp3) is 0.318. The van der Waals surface area contributed by atoms with Crippen LogP contribution >= 0.6 is 0 Å². The molecule has 0 spiro atoms. The highest BCUT2D eigenvalue weighted by atomic mass is 19.1. The summed E-state index contributed by atoms with van der Waals surface area (Å²) in [5.41, 5.74) is -0.0869. The summed E-state index contributed by atoms with van der Waals surface area (Å²) in [7, 11) is 0. The molecule has 6 nitrogen and oxygen atoms in total. The number of fused-ring (bicyclic) bond motifs is 3. The van der Waals surface area contributed by atoms with E-state index in [1.165, 1.54) is 34.1 Å². The van der Waals surface area contributed by atoms with Crippen molar-refractivity contribution >= 4 is 23.5 Å². The van der Waals surface area contributed by atoms with Crippen molar-refractivity contribution in [2.24, 2.45) is 0 Å². The van der Waals surface area contributed by atoms with E-state index < -0.39 is 11.6 Å². The SMILES string of the molecule is CC(C)N1C(=O)c2ccccc2N2C(=O)CC[C@@]21C(=O)OCc1ccc(F)cc1. The van der Waals surface area contributed by atoms with E-state index in [4.69, 9.17) is 4.74 Å². The van der Waals surface area contributed by atoms with Gasteiger partial charge in [-0.2, -0.15) is 0 Å². The van der Waals surface area contributed by atoms with Crippen LogP contribution in [0.4, 0.5) is 10.1 Å². The maximum absolute atomic E-state index is 13.4. The molecule has 7 heteroatoms. The molecule has 2 amide bonds. The second kappa shape index (κ2) is 6.99. The molecule has 0 N–H and O–H groups in total. The van der Waals surface area contributed by atoms with Gasteiger partial charge in [0, 0.05) is 18.9 Å². The van der Waals surface area contributed by atoms with E-state index in [1.807, 2.05) is 13.8 Å². The van der Waals surface area contributed by atoms with Gasteiger partial charge in [-0.25, -0.2) is 9.18 Å². The summed E-state index contributed by atoms with van der Waals surface area (Å²) in [6.45, 7) is 3.54. The van der Waals surface area contributed by atoms with Crippen LogP contribution < -0.4 is 4.90 Å². The number of hydrogen-bond acceptors (Lipinski definition) is 4. The number of nitrogens with zero attached hydrogens (tertiary/aromatic N) is 2. The first-order valence-corrected chi connectivity index (χ1v) is 9.53. The van der Waals surface area contributed by atoms with Gasteiger partial charge in [0.15, 0.2) is 0 Å². The van der Waals surface area contributed by atoms with Crippen molar-refractivity contribution in [3.63, 3.8) is 0 Å². The fourth-order valence-electron chi connectivity index (χ4n) is 4.22. The predicted octanol–water partition coefficient (Wildman–Crippen LogP) is 3.26. The molecule has 2 aliphatic rings. The van der Waals surface area contributed by atoms with Crippen molar-refractivity contribution in [3.05, 3.63) is 65.5 Å². The van der Waals surface area contributed by atoms with Crippen LogP contribution in [0, 0.1) is 5.82 Å². The number of hydrogen-bond donors (Lipinski definition) is 0. The molecule has 4 rings (SSSR count). The predicted molar refractivity (Wildman–Crippen MR) is 103 cm³/mol. The largest absolute Gasteiger partial charge is 0.458 e. The van der Waals surface area contributed by atoms with Crippen LogP contribution in [0.1, 0.15) is 42.6 Å². The molecule has 150 valence electrons. The average molecular weight is 396 g/mol. The molecule has 2 aliphatic heterocycles. The van der Waals surface area contributed by atoms with Crippen LogP contribution in [-0.2, 0) is 20.9 Å². The number of esters is 1. The van der Waals surface area contributed by atoms with Crippen molar-refractivity contribution in [2.75, 3.05) is 4.90 Å². The summed E-state index contributed by atoms with van der Waals surface area (Å²) in [4.78, 5) is 42.3. The third-order valence-corrected chi connectivity index (χ3v) is 5.43. The van der Waals surface area contributed by atoms with Gasteiger partial charge in [-0.15, -0.1) is 0 Å². The van der Waals surface area contributed by atoms with Gasteiger partial charge >= 0.3 is 5.97 Å². The molecule has 0 aromatic heterocycles. The molecule has 1 fully saturated rings. The van der Waals surface area contributed by atoms with E-state index in [9.17, 15) is 18.8 Å². The number of ether oxygens (including phenoxy) is 1. The Hall–Kier alpha value is -3.22. The molecule has 2 aromatic carbocycles. The molecule has 2 aromatic rings. The normalized spacial score (nSPS) is 20.7. The van der Waals surface area contributed by atoms with E-state index in [0.717, 1.165) is 0 Å². The number of amides is 2. The van der Waals surface area contributed by atoms with Crippen molar-refractivity contribution in [1.29, 1.82) is 0 Å². The Morgan fingerprint density at radius 3 is 2.52 bits per heavy atom. The minimum atomic E-state index is -1.52. The average Bonchev–Trinajstić information content (AvgIpc) is 3.05. The van der Waals surface area contributed by atoms with Gasteiger partial charge in [0.25, 0.3) is 5.91 Å². The van der Waals surface area contributed by atoms with Crippen LogP contribution in [0.5, 0.6) is 0 Å². The Balaban J connectivity index is 1.75. The lowest BCUT2D eigenvalue weighted by Gasteiger charge is -2.50. The first-order chi connectivity index (χ1) is 13.9. The van der Waals surface area contributed by atoms with E-state index in [2.05, 4.69) is 0 Å². The zero-order valence-electron chi connectivity index (χ0n) is 16.2. The zero-order chi connectivity index (χ0) is 20.8. The van der Waals surface area contributed by atoms with Crippen LogP contribution in [-0.4, -0.2) is 34.4 Å². The van der Waals surface area contributed by atoms with E-state index in [1.54, 1.807) is 24.3 Å². The molecule has 0 bridgehead atoms. The highest BCUT2D eigenvalue weighted by Crippen LogP contribution is 2.46. The van der Waals surface area contributed by atoms with Gasteiger partial charge in [0.05, 0.1) is 11.3 Å². The maximum atomic E-state index is 13.4. The standard InChI is InChI=1S/C22H21FN2O4/c1-14(2)24-20(27)17-5-3-4-6-18(17)25-19(26)11-12-22(24,25)21(28)29-13-15-7-9-16(23)10-8-15/h3-10,14H,11-13H2,1-2H3/t22-/m0/s1. The van der Waals surface area contributed by atoms with Crippen LogP contribution in [0.25, 0.3) is 0 Å². The van der Waals surface area contributed by atoms with Crippen molar-refractivity contribution in [2.45, 2.75) is 45.0 Å². The number of benzene rings is 2. The van der Waals surface area contributed by atoms with Crippen LogP contribution in [0.2, 0.25) is 0 Å². The number of carbonyl (C=O) groups is 3. The molecule has 0 radical (unpaired) electrons. The van der Waals surface area contributed by atoms with Crippen molar-refractivity contribution < 1.29 is 23.5 Å². The zero-order valence-corrected chi connectivity index (χ0v) is 16.2. The third kappa shape index (κ3) is 2.88. The number of halogens is 1. The quantitative estimate of drug-likeness (QED) is 0.744. The summed E-state index contributed by atoms with van der Waals surface area (Å²) >= 11 is 0. The molecule has 0 aliphatic carbocycles. The van der Waals surface area contributed by atoms with Gasteiger partial charge < -0.3 is 9.64 Å². The Labute approximate surface area is 167 Å². The lowest BCUT2D eigenvalue weighted by molar-refractivity contribution is -0.159. The molecule has 0 unspecified atom stereocenters. The maximum Gasteiger partial charge on any atom is 0.354 e. The first-order valence-electron chi connectivity index (χ1n) is 9.53. The number of carbonyl (C=O) groups excluding carboxylic acids is 3. The highest BCUT2D eigenvalue weighted by Gasteiger charge is 2.62. The summed E-state index contributed by atoms with van der Waals surface area (Å²) in [5.74, 6) is -1.58. The Kier molecular flexibility index (Phi) is 4.61. The topological polar surface area (TPSA) is 66.9 Å². The fourth-order valence-corrected chi connectivity index (χ4v) is 4.22. The lowest BCUT2D eigenvalue weighted by Crippen LogP contribution is -2.70. The van der Waals surface area contributed by atoms with Gasteiger partial charge in [-0.05, 0) is 43.7 Å². The molecular formula is C22H21FN2O4. The first kappa shape index (κ1) is 19.1. The van der Waals surface area contributed by atoms with Crippen LogP contribution in [0.3, 0.4) is 0 Å². The minimum Gasteiger partial charge on any atom is -0.458 e. The second-order valence-electron chi connectivity index (χ2n) is 7.53. The Morgan fingerprint density at radius 1 is 1.14 bits per heavy atom. The van der Waals surface area contributed by atoms with E-state index >= 15 is 0 Å². The van der Waals surface area contributed by atoms with Crippen LogP contribution in [0.15, 0.2) is 48.5 Å². The van der Waals surface area contributed by atoms with Gasteiger partial charge in [0.2, 0.25) is 11.6 Å². The van der Waals surface area contributed by atoms with Crippen molar-refractivity contribution in [3.8, 4) is 0 Å². The molecule has 1 saturated heterocycles. The molecule has 29 heavy (non-hydrogen) atoms. The van der Waals surface area contributed by atoms with E-state index in [0.29, 0.717) is 16.8 Å². The van der Waals surface area contributed by atoms with Gasteiger partial charge in [0.1, 0.15) is 12.4 Å².